The lowest BCUT2D eigenvalue weighted by molar-refractivity contribution is 0.102. The zero-order valence-electron chi connectivity index (χ0n) is 15.0. The Kier molecular flexibility index (Phi) is 5.12. The van der Waals surface area contributed by atoms with Crippen LogP contribution in [-0.2, 0) is 0 Å². The van der Waals surface area contributed by atoms with Gasteiger partial charge in [0.05, 0.1) is 5.75 Å². The second-order valence-electron chi connectivity index (χ2n) is 6.56. The molecular formula is C20H19N5O2S. The third-order valence-electron chi connectivity index (χ3n) is 4.42. The zero-order chi connectivity index (χ0) is 19.5. The van der Waals surface area contributed by atoms with E-state index in [0.717, 1.165) is 24.4 Å². The fraction of sp³-hybridized carbons (Fsp3) is 0.200. The van der Waals surface area contributed by atoms with Crippen molar-refractivity contribution >= 4 is 29.3 Å². The van der Waals surface area contributed by atoms with Gasteiger partial charge in [-0.3, -0.25) is 9.36 Å². The van der Waals surface area contributed by atoms with Gasteiger partial charge in [0, 0.05) is 22.9 Å². The Hall–Kier alpha value is -3.13. The molecule has 1 saturated carbocycles. The maximum absolute atomic E-state index is 12.6. The molecule has 0 aliphatic heterocycles. The Labute approximate surface area is 166 Å². The number of nitrogens with two attached hydrogens (primary N) is 1. The lowest BCUT2D eigenvalue weighted by atomic mass is 10.1. The van der Waals surface area contributed by atoms with Gasteiger partial charge in [0.25, 0.3) is 0 Å². The van der Waals surface area contributed by atoms with Crippen molar-refractivity contribution in [1.29, 1.82) is 0 Å². The number of benzene rings is 2. The quantitative estimate of drug-likeness (QED) is 0.471. The predicted octanol–water partition coefficient (Wildman–Crippen LogP) is 3.61. The normalized spacial score (nSPS) is 13.3. The van der Waals surface area contributed by atoms with Gasteiger partial charge in [-0.05, 0) is 49.2 Å². The number of carbonyl (C=O) groups excluding carboxylic acids is 2. The fourth-order valence-corrected chi connectivity index (χ4v) is 3.75. The Morgan fingerprint density at radius 3 is 2.43 bits per heavy atom. The molecule has 2 aromatic carbocycles. The molecular weight excluding hydrogens is 374 g/mol. The van der Waals surface area contributed by atoms with Gasteiger partial charge in [0.15, 0.2) is 10.9 Å². The van der Waals surface area contributed by atoms with Crippen molar-refractivity contribution in [3.63, 3.8) is 0 Å². The number of ketones is 1. The minimum absolute atomic E-state index is 0.0220. The number of anilines is 1. The van der Waals surface area contributed by atoms with E-state index in [0.29, 0.717) is 22.3 Å². The van der Waals surface area contributed by atoms with Gasteiger partial charge in [-0.25, -0.2) is 4.79 Å². The van der Waals surface area contributed by atoms with Crippen LogP contribution < -0.4 is 11.1 Å². The van der Waals surface area contributed by atoms with Gasteiger partial charge in [-0.2, -0.15) is 0 Å². The van der Waals surface area contributed by atoms with Crippen LogP contribution in [0.5, 0.6) is 0 Å². The van der Waals surface area contributed by atoms with Crippen molar-refractivity contribution in [3.8, 4) is 5.69 Å². The lowest BCUT2D eigenvalue weighted by Crippen LogP contribution is -2.19. The first-order valence-corrected chi connectivity index (χ1v) is 9.93. The van der Waals surface area contributed by atoms with E-state index in [-0.39, 0.29) is 11.5 Å². The van der Waals surface area contributed by atoms with Gasteiger partial charge in [0.2, 0.25) is 0 Å². The Balaban J connectivity index is 1.49. The van der Waals surface area contributed by atoms with E-state index in [9.17, 15) is 9.59 Å². The van der Waals surface area contributed by atoms with E-state index in [1.165, 1.54) is 11.8 Å². The average molecular weight is 393 g/mol. The molecule has 8 heteroatoms. The number of thioether (sulfide) groups is 1. The second kappa shape index (κ2) is 7.85. The number of carbonyl (C=O) groups is 2. The summed E-state index contributed by atoms with van der Waals surface area (Å²) < 4.78 is 2.05. The number of amides is 2. The summed E-state index contributed by atoms with van der Waals surface area (Å²) in [6, 6.07) is 16.0. The summed E-state index contributed by atoms with van der Waals surface area (Å²) in [5, 5.41) is 11.9. The summed E-state index contributed by atoms with van der Waals surface area (Å²) >= 11 is 1.38. The molecule has 3 aromatic rings. The van der Waals surface area contributed by atoms with Crippen LogP contribution in [0, 0.1) is 0 Å². The van der Waals surface area contributed by atoms with Crippen molar-refractivity contribution in [1.82, 2.24) is 14.8 Å². The number of urea groups is 1. The first kappa shape index (κ1) is 18.2. The smallest absolute Gasteiger partial charge is 0.316 e. The second-order valence-corrected chi connectivity index (χ2v) is 7.51. The number of nitrogens with zero attached hydrogens (tertiary/aromatic N) is 3. The predicted molar refractivity (Wildman–Crippen MR) is 108 cm³/mol. The third-order valence-corrected chi connectivity index (χ3v) is 5.35. The number of nitrogens with one attached hydrogen (secondary N) is 1. The van der Waals surface area contributed by atoms with Crippen LogP contribution in [0.25, 0.3) is 5.69 Å². The molecule has 28 heavy (non-hydrogen) atoms. The van der Waals surface area contributed by atoms with Crippen LogP contribution in [0.1, 0.15) is 34.9 Å². The highest BCUT2D eigenvalue weighted by molar-refractivity contribution is 7.99. The van der Waals surface area contributed by atoms with Gasteiger partial charge in [0.1, 0.15) is 5.82 Å². The molecule has 2 amide bonds. The van der Waals surface area contributed by atoms with Crippen molar-refractivity contribution in [3.05, 3.63) is 66.0 Å². The maximum Gasteiger partial charge on any atom is 0.316 e. The standard InChI is InChI=1S/C20H19N5O2S/c21-19(27)22-15-10-8-13(9-11-15)17(26)12-28-20-24-23-18(14-6-7-14)25(20)16-4-2-1-3-5-16/h1-5,8-11,14H,6-7,12H2,(H3,21,22,27). The minimum atomic E-state index is -0.638. The Bertz CT molecular complexity index is 997. The summed E-state index contributed by atoms with van der Waals surface area (Å²) in [5.41, 5.74) is 7.21. The number of rotatable bonds is 7. The number of Topliss-reactive ketones (excluding diaryl/α,β-unsaturated/α-hetero) is 1. The molecule has 4 rings (SSSR count). The molecule has 0 bridgehead atoms. The van der Waals surface area contributed by atoms with Crippen LogP contribution in [-0.4, -0.2) is 32.3 Å². The molecule has 1 aliphatic rings. The van der Waals surface area contributed by atoms with E-state index in [4.69, 9.17) is 5.73 Å². The summed E-state index contributed by atoms with van der Waals surface area (Å²) in [7, 11) is 0. The van der Waals surface area contributed by atoms with Gasteiger partial charge in [-0.1, -0.05) is 30.0 Å². The molecule has 142 valence electrons. The molecule has 1 aromatic heterocycles. The van der Waals surface area contributed by atoms with E-state index < -0.39 is 6.03 Å². The summed E-state index contributed by atoms with van der Waals surface area (Å²) in [6.07, 6.45) is 2.25. The van der Waals surface area contributed by atoms with E-state index in [1.807, 2.05) is 30.3 Å². The monoisotopic (exact) mass is 393 g/mol. The van der Waals surface area contributed by atoms with Crippen molar-refractivity contribution < 1.29 is 9.59 Å². The van der Waals surface area contributed by atoms with Crippen LogP contribution in [0.3, 0.4) is 0 Å². The number of hydrogen-bond donors (Lipinski definition) is 2. The highest BCUT2D eigenvalue weighted by Gasteiger charge is 2.31. The summed E-state index contributed by atoms with van der Waals surface area (Å²) in [5.74, 6) is 1.63. The van der Waals surface area contributed by atoms with Crippen LogP contribution in [0.2, 0.25) is 0 Å². The van der Waals surface area contributed by atoms with Crippen LogP contribution in [0.4, 0.5) is 10.5 Å². The molecule has 0 saturated heterocycles. The topological polar surface area (TPSA) is 103 Å². The highest BCUT2D eigenvalue weighted by atomic mass is 32.2. The number of aromatic nitrogens is 3. The molecule has 1 heterocycles. The first-order chi connectivity index (χ1) is 13.6. The molecule has 0 atom stereocenters. The average Bonchev–Trinajstić information content (AvgIpc) is 3.46. The molecule has 3 N–H and O–H groups in total. The number of para-hydroxylation sites is 1. The van der Waals surface area contributed by atoms with Gasteiger partial charge in [-0.15, -0.1) is 10.2 Å². The largest absolute Gasteiger partial charge is 0.351 e. The minimum Gasteiger partial charge on any atom is -0.351 e. The van der Waals surface area contributed by atoms with E-state index >= 15 is 0 Å². The summed E-state index contributed by atoms with van der Waals surface area (Å²) in [4.78, 5) is 23.4. The maximum atomic E-state index is 12.6. The van der Waals surface area contributed by atoms with Crippen LogP contribution in [0.15, 0.2) is 59.8 Å². The highest BCUT2D eigenvalue weighted by Crippen LogP contribution is 2.41. The Morgan fingerprint density at radius 2 is 1.79 bits per heavy atom. The number of hydrogen-bond acceptors (Lipinski definition) is 5. The Morgan fingerprint density at radius 1 is 1.07 bits per heavy atom. The van der Waals surface area contributed by atoms with Crippen molar-refractivity contribution in [2.45, 2.75) is 23.9 Å². The SMILES string of the molecule is NC(=O)Nc1ccc(C(=O)CSc2nnc(C3CC3)n2-c2ccccc2)cc1. The molecule has 1 aliphatic carbocycles. The van der Waals surface area contributed by atoms with Gasteiger partial charge < -0.3 is 11.1 Å². The lowest BCUT2D eigenvalue weighted by Gasteiger charge is -2.09. The van der Waals surface area contributed by atoms with E-state index in [1.54, 1.807) is 24.3 Å². The molecule has 0 radical (unpaired) electrons. The molecule has 7 nitrogen and oxygen atoms in total. The fourth-order valence-electron chi connectivity index (χ4n) is 2.90. The van der Waals surface area contributed by atoms with Crippen molar-refractivity contribution in [2.24, 2.45) is 5.73 Å². The third kappa shape index (κ3) is 4.07. The molecule has 1 fully saturated rings. The summed E-state index contributed by atoms with van der Waals surface area (Å²) in [6.45, 7) is 0. The number of primary amides is 1. The van der Waals surface area contributed by atoms with Crippen LogP contribution >= 0.6 is 11.8 Å². The molecule has 0 unspecified atom stereocenters. The van der Waals surface area contributed by atoms with Gasteiger partial charge >= 0.3 is 6.03 Å². The molecule has 0 spiro atoms. The first-order valence-electron chi connectivity index (χ1n) is 8.95. The van der Waals surface area contributed by atoms with E-state index in [2.05, 4.69) is 20.1 Å². The zero-order valence-corrected chi connectivity index (χ0v) is 15.9. The van der Waals surface area contributed by atoms with Crippen molar-refractivity contribution in [2.75, 3.05) is 11.1 Å².